The fourth-order valence-corrected chi connectivity index (χ4v) is 2.14. The smallest absolute Gasteiger partial charge is 0.416 e. The standard InChI is InChI=1S/C17H14F3N5O/c18-17(19,20)13-4-1-3-12(9-13)15-11-23-25-16(24-15)22-7-8-26-14-5-2-6-21-10-14/h1-6,9-11H,7-8H2,(H,22,24,25). The van der Waals surface area contributed by atoms with E-state index in [1.54, 1.807) is 24.5 Å². The molecule has 0 aliphatic rings. The molecule has 9 heteroatoms. The minimum Gasteiger partial charge on any atom is -0.490 e. The van der Waals surface area contributed by atoms with Crippen LogP contribution in [0.25, 0.3) is 11.3 Å². The van der Waals surface area contributed by atoms with Crippen LogP contribution in [-0.2, 0) is 6.18 Å². The summed E-state index contributed by atoms with van der Waals surface area (Å²) < 4.78 is 44.0. The van der Waals surface area contributed by atoms with Gasteiger partial charge in [0.1, 0.15) is 12.4 Å². The predicted molar refractivity (Wildman–Crippen MR) is 88.5 cm³/mol. The first-order valence-electron chi connectivity index (χ1n) is 7.66. The van der Waals surface area contributed by atoms with Crippen LogP contribution >= 0.6 is 0 Å². The van der Waals surface area contributed by atoms with Crippen molar-refractivity contribution >= 4 is 5.95 Å². The number of anilines is 1. The topological polar surface area (TPSA) is 72.8 Å². The van der Waals surface area contributed by atoms with E-state index in [2.05, 4.69) is 25.5 Å². The summed E-state index contributed by atoms with van der Waals surface area (Å²) in [5, 5.41) is 10.5. The van der Waals surface area contributed by atoms with Crippen molar-refractivity contribution < 1.29 is 17.9 Å². The van der Waals surface area contributed by atoms with Crippen molar-refractivity contribution in [2.24, 2.45) is 0 Å². The molecular weight excluding hydrogens is 347 g/mol. The molecular formula is C17H14F3N5O. The van der Waals surface area contributed by atoms with E-state index in [0.717, 1.165) is 12.1 Å². The van der Waals surface area contributed by atoms with E-state index in [0.29, 0.717) is 30.2 Å². The Kier molecular flexibility index (Phi) is 5.26. The van der Waals surface area contributed by atoms with Crippen molar-refractivity contribution in [2.75, 3.05) is 18.5 Å². The average Bonchev–Trinajstić information content (AvgIpc) is 2.66. The van der Waals surface area contributed by atoms with Gasteiger partial charge in [0.25, 0.3) is 0 Å². The van der Waals surface area contributed by atoms with Crippen LogP contribution in [0.1, 0.15) is 5.56 Å². The molecule has 0 spiro atoms. The van der Waals surface area contributed by atoms with Gasteiger partial charge in [0, 0.05) is 11.8 Å². The quantitative estimate of drug-likeness (QED) is 0.678. The lowest BCUT2D eigenvalue weighted by Crippen LogP contribution is -2.14. The van der Waals surface area contributed by atoms with Gasteiger partial charge in [-0.1, -0.05) is 12.1 Å². The van der Waals surface area contributed by atoms with Crippen molar-refractivity contribution in [3.8, 4) is 17.0 Å². The van der Waals surface area contributed by atoms with Gasteiger partial charge in [0.15, 0.2) is 0 Å². The monoisotopic (exact) mass is 361 g/mol. The maximum Gasteiger partial charge on any atom is 0.416 e. The first-order valence-corrected chi connectivity index (χ1v) is 7.66. The summed E-state index contributed by atoms with van der Waals surface area (Å²) in [5.74, 6) is 0.834. The molecule has 1 N–H and O–H groups in total. The van der Waals surface area contributed by atoms with E-state index in [4.69, 9.17) is 4.74 Å². The highest BCUT2D eigenvalue weighted by Gasteiger charge is 2.30. The van der Waals surface area contributed by atoms with Crippen molar-refractivity contribution in [3.63, 3.8) is 0 Å². The zero-order valence-corrected chi connectivity index (χ0v) is 13.4. The molecule has 0 saturated heterocycles. The fourth-order valence-electron chi connectivity index (χ4n) is 2.14. The predicted octanol–water partition coefficient (Wildman–Crippen LogP) is 3.44. The Morgan fingerprint density at radius 3 is 2.73 bits per heavy atom. The van der Waals surface area contributed by atoms with Crippen LogP contribution in [0.5, 0.6) is 5.75 Å². The number of alkyl halides is 3. The molecule has 2 aromatic heterocycles. The Morgan fingerprint density at radius 2 is 1.96 bits per heavy atom. The van der Waals surface area contributed by atoms with Gasteiger partial charge in [0.2, 0.25) is 5.95 Å². The third kappa shape index (κ3) is 4.65. The Balaban J connectivity index is 1.63. The van der Waals surface area contributed by atoms with Gasteiger partial charge in [-0.2, -0.15) is 18.3 Å². The SMILES string of the molecule is FC(F)(F)c1cccc(-c2cnnc(NCCOc3cccnc3)n2)c1. The van der Waals surface area contributed by atoms with Gasteiger partial charge in [0.05, 0.1) is 30.2 Å². The Hall–Kier alpha value is -3.23. The maximum atomic E-state index is 12.8. The van der Waals surface area contributed by atoms with E-state index < -0.39 is 11.7 Å². The molecule has 6 nitrogen and oxygen atoms in total. The number of nitrogens with zero attached hydrogens (tertiary/aromatic N) is 4. The van der Waals surface area contributed by atoms with Gasteiger partial charge < -0.3 is 10.1 Å². The molecule has 0 radical (unpaired) electrons. The van der Waals surface area contributed by atoms with Crippen LogP contribution in [0.4, 0.5) is 19.1 Å². The Labute approximate surface area is 147 Å². The second kappa shape index (κ2) is 7.77. The number of hydrogen-bond acceptors (Lipinski definition) is 6. The van der Waals surface area contributed by atoms with E-state index >= 15 is 0 Å². The largest absolute Gasteiger partial charge is 0.490 e. The molecule has 3 aromatic rings. The molecule has 26 heavy (non-hydrogen) atoms. The number of benzene rings is 1. The second-order valence-electron chi connectivity index (χ2n) is 5.21. The second-order valence-corrected chi connectivity index (χ2v) is 5.21. The van der Waals surface area contributed by atoms with Gasteiger partial charge in [-0.05, 0) is 24.3 Å². The molecule has 0 bridgehead atoms. The van der Waals surface area contributed by atoms with Crippen LogP contribution in [-0.4, -0.2) is 33.3 Å². The molecule has 0 aliphatic heterocycles. The van der Waals surface area contributed by atoms with Gasteiger partial charge in [-0.3, -0.25) is 4.98 Å². The normalized spacial score (nSPS) is 11.2. The number of halogens is 3. The highest BCUT2D eigenvalue weighted by atomic mass is 19.4. The molecule has 2 heterocycles. The van der Waals surface area contributed by atoms with Gasteiger partial charge >= 0.3 is 6.18 Å². The summed E-state index contributed by atoms with van der Waals surface area (Å²) in [6.45, 7) is 0.728. The average molecular weight is 361 g/mol. The molecule has 1 aromatic carbocycles. The Morgan fingerprint density at radius 1 is 1.08 bits per heavy atom. The number of pyridine rings is 1. The summed E-state index contributed by atoms with van der Waals surface area (Å²) in [4.78, 5) is 8.12. The molecule has 0 fully saturated rings. The van der Waals surface area contributed by atoms with Gasteiger partial charge in [-0.15, -0.1) is 5.10 Å². The molecule has 134 valence electrons. The zero-order valence-electron chi connectivity index (χ0n) is 13.4. The molecule has 0 aliphatic carbocycles. The molecule has 0 atom stereocenters. The minimum atomic E-state index is -4.42. The summed E-state index contributed by atoms with van der Waals surface area (Å²) in [6.07, 6.45) is 0.129. The van der Waals surface area contributed by atoms with Crippen LogP contribution in [0.2, 0.25) is 0 Å². The maximum absolute atomic E-state index is 12.8. The molecule has 0 amide bonds. The van der Waals surface area contributed by atoms with Crippen molar-refractivity contribution in [3.05, 3.63) is 60.6 Å². The van der Waals surface area contributed by atoms with E-state index in [1.807, 2.05) is 0 Å². The van der Waals surface area contributed by atoms with Crippen LogP contribution in [0, 0.1) is 0 Å². The van der Waals surface area contributed by atoms with E-state index in [1.165, 1.54) is 18.3 Å². The summed E-state index contributed by atoms with van der Waals surface area (Å²) >= 11 is 0. The lowest BCUT2D eigenvalue weighted by molar-refractivity contribution is -0.137. The molecule has 0 saturated carbocycles. The van der Waals surface area contributed by atoms with E-state index in [9.17, 15) is 13.2 Å². The molecule has 0 unspecified atom stereocenters. The van der Waals surface area contributed by atoms with Crippen molar-refractivity contribution in [2.45, 2.75) is 6.18 Å². The fraction of sp³-hybridized carbons (Fsp3) is 0.176. The number of rotatable bonds is 6. The number of hydrogen-bond donors (Lipinski definition) is 1. The third-order valence-corrected chi connectivity index (χ3v) is 3.33. The zero-order chi connectivity index (χ0) is 18.4. The van der Waals surface area contributed by atoms with Crippen LogP contribution in [0.15, 0.2) is 55.0 Å². The summed E-state index contributed by atoms with van der Waals surface area (Å²) in [5.41, 5.74) is -0.140. The van der Waals surface area contributed by atoms with Crippen LogP contribution in [0.3, 0.4) is 0 Å². The highest BCUT2D eigenvalue weighted by Crippen LogP contribution is 2.31. The van der Waals surface area contributed by atoms with Crippen molar-refractivity contribution in [1.82, 2.24) is 20.2 Å². The first-order chi connectivity index (χ1) is 12.5. The molecule has 3 rings (SSSR count). The van der Waals surface area contributed by atoms with E-state index in [-0.39, 0.29) is 5.95 Å². The lowest BCUT2D eigenvalue weighted by Gasteiger charge is -2.09. The van der Waals surface area contributed by atoms with Crippen LogP contribution < -0.4 is 10.1 Å². The lowest BCUT2D eigenvalue weighted by atomic mass is 10.1. The number of ether oxygens (including phenoxy) is 1. The number of aromatic nitrogens is 4. The third-order valence-electron chi connectivity index (χ3n) is 3.33. The van der Waals surface area contributed by atoms with Gasteiger partial charge in [-0.25, -0.2) is 4.98 Å². The summed E-state index contributed by atoms with van der Waals surface area (Å²) in [7, 11) is 0. The van der Waals surface area contributed by atoms with Crippen molar-refractivity contribution in [1.29, 1.82) is 0 Å². The first kappa shape index (κ1) is 17.6. The Bertz CT molecular complexity index is 858. The minimum absolute atomic E-state index is 0.203. The highest BCUT2D eigenvalue weighted by molar-refractivity contribution is 5.60. The number of nitrogens with one attached hydrogen (secondary N) is 1. The summed E-state index contributed by atoms with van der Waals surface area (Å²) in [6, 6.07) is 8.43.